The van der Waals surface area contributed by atoms with E-state index >= 15 is 0 Å². The lowest BCUT2D eigenvalue weighted by atomic mass is 9.88. The van der Waals surface area contributed by atoms with Crippen LogP contribution in [0.2, 0.25) is 0 Å². The van der Waals surface area contributed by atoms with Gasteiger partial charge in [0.05, 0.1) is 12.1 Å². The van der Waals surface area contributed by atoms with E-state index in [0.717, 1.165) is 0 Å². The van der Waals surface area contributed by atoms with Gasteiger partial charge in [-0.25, -0.2) is 0 Å². The SMILES string of the molecule is CCO.CCO.CN1C(=O)C(O)(CC(=O)c2ccc(N)cc2)c2ccccc21. The number of Topliss-reactive ketones (excluding diaryl/α,β-unsaturated/α-hetero) is 1. The Kier molecular flexibility index (Phi) is 8.78. The van der Waals surface area contributed by atoms with E-state index in [2.05, 4.69) is 0 Å². The first-order valence-electron chi connectivity index (χ1n) is 8.97. The van der Waals surface area contributed by atoms with Crippen molar-refractivity contribution in [1.29, 1.82) is 0 Å². The molecule has 0 spiro atoms. The Morgan fingerprint density at radius 3 is 2.07 bits per heavy atom. The summed E-state index contributed by atoms with van der Waals surface area (Å²) in [6.45, 7) is 3.86. The predicted octanol–water partition coefficient (Wildman–Crippen LogP) is 1.70. The second-order valence-corrected chi connectivity index (χ2v) is 6.10. The normalized spacial score (nSPS) is 17.1. The molecule has 7 nitrogen and oxygen atoms in total. The molecular weight excluding hydrogens is 360 g/mol. The molecule has 152 valence electrons. The number of nitrogen functional groups attached to an aromatic ring is 1. The molecule has 1 aliphatic heterocycles. The minimum absolute atomic E-state index is 0.250. The van der Waals surface area contributed by atoms with Crippen LogP contribution in [0.5, 0.6) is 0 Å². The lowest BCUT2D eigenvalue weighted by Gasteiger charge is -2.21. The highest BCUT2D eigenvalue weighted by Crippen LogP contribution is 2.41. The fourth-order valence-electron chi connectivity index (χ4n) is 2.79. The number of likely N-dealkylation sites (N-methyl/N-ethyl adjacent to an activating group) is 1. The molecule has 5 N–H and O–H groups in total. The summed E-state index contributed by atoms with van der Waals surface area (Å²) in [5, 5.41) is 26.0. The Morgan fingerprint density at radius 1 is 1.04 bits per heavy atom. The summed E-state index contributed by atoms with van der Waals surface area (Å²) in [6.07, 6.45) is -0.295. The molecular formula is C21H28N2O5. The summed E-state index contributed by atoms with van der Waals surface area (Å²) < 4.78 is 0. The summed E-state index contributed by atoms with van der Waals surface area (Å²) in [4.78, 5) is 26.2. The molecule has 0 saturated carbocycles. The maximum Gasteiger partial charge on any atom is 0.263 e. The maximum atomic E-state index is 12.4. The number of carbonyl (C=O) groups is 2. The van der Waals surface area contributed by atoms with Gasteiger partial charge in [-0.05, 0) is 44.2 Å². The highest BCUT2D eigenvalue weighted by molar-refractivity contribution is 6.10. The second kappa shape index (κ2) is 10.6. The van der Waals surface area contributed by atoms with Crippen molar-refractivity contribution in [3.63, 3.8) is 0 Å². The van der Waals surface area contributed by atoms with Gasteiger partial charge >= 0.3 is 0 Å². The van der Waals surface area contributed by atoms with Crippen molar-refractivity contribution in [3.05, 3.63) is 59.7 Å². The van der Waals surface area contributed by atoms with Gasteiger partial charge in [0.25, 0.3) is 5.91 Å². The summed E-state index contributed by atoms with van der Waals surface area (Å²) in [7, 11) is 1.59. The van der Waals surface area contributed by atoms with E-state index in [-0.39, 0.29) is 25.4 Å². The number of rotatable bonds is 3. The third kappa shape index (κ3) is 5.16. The van der Waals surface area contributed by atoms with Gasteiger partial charge in [0.15, 0.2) is 11.4 Å². The van der Waals surface area contributed by atoms with Crippen LogP contribution in [0.25, 0.3) is 0 Å². The van der Waals surface area contributed by atoms with Gasteiger partial charge in [0.1, 0.15) is 0 Å². The van der Waals surface area contributed by atoms with Crippen molar-refractivity contribution >= 4 is 23.1 Å². The number of benzene rings is 2. The van der Waals surface area contributed by atoms with Crippen molar-refractivity contribution < 1.29 is 24.9 Å². The number of aliphatic hydroxyl groups excluding tert-OH is 2. The number of nitrogens with zero attached hydrogens (tertiary/aromatic N) is 1. The molecule has 1 heterocycles. The van der Waals surface area contributed by atoms with Crippen LogP contribution in [0, 0.1) is 0 Å². The molecule has 1 aliphatic rings. The molecule has 1 atom stereocenters. The number of ketones is 1. The number of hydrogen-bond donors (Lipinski definition) is 4. The number of amides is 1. The highest BCUT2D eigenvalue weighted by atomic mass is 16.3. The molecule has 0 radical (unpaired) electrons. The van der Waals surface area contributed by atoms with E-state index in [1.54, 1.807) is 69.4 Å². The summed E-state index contributed by atoms with van der Waals surface area (Å²) in [5.74, 6) is -0.793. The molecule has 0 bridgehead atoms. The smallest absolute Gasteiger partial charge is 0.263 e. The third-order valence-corrected chi connectivity index (χ3v) is 4.02. The molecule has 2 aromatic rings. The average molecular weight is 388 g/mol. The molecule has 0 fully saturated rings. The van der Waals surface area contributed by atoms with Gasteiger partial charge in [-0.15, -0.1) is 0 Å². The monoisotopic (exact) mass is 388 g/mol. The lowest BCUT2D eigenvalue weighted by molar-refractivity contribution is -0.135. The molecule has 0 aliphatic carbocycles. The molecule has 3 rings (SSSR count). The number of hydrogen-bond acceptors (Lipinski definition) is 6. The van der Waals surface area contributed by atoms with Crippen LogP contribution in [-0.4, -0.2) is 47.3 Å². The van der Waals surface area contributed by atoms with E-state index in [0.29, 0.717) is 22.5 Å². The quantitative estimate of drug-likeness (QED) is 0.469. The third-order valence-electron chi connectivity index (χ3n) is 4.02. The Hall–Kier alpha value is -2.74. The zero-order valence-corrected chi connectivity index (χ0v) is 16.4. The Morgan fingerprint density at radius 2 is 1.54 bits per heavy atom. The standard InChI is InChI=1S/C17H16N2O3.2C2H6O/c1-19-14-5-3-2-4-13(14)17(22,16(19)21)10-15(20)11-6-8-12(18)9-7-11;2*1-2-3/h2-9,22H,10,18H2,1H3;2*3H,2H2,1H3. The van der Waals surface area contributed by atoms with Crippen molar-refractivity contribution in [2.75, 3.05) is 30.9 Å². The van der Waals surface area contributed by atoms with Crippen LogP contribution in [0.15, 0.2) is 48.5 Å². The minimum Gasteiger partial charge on any atom is -0.399 e. The van der Waals surface area contributed by atoms with Gasteiger partial charge in [-0.2, -0.15) is 0 Å². The van der Waals surface area contributed by atoms with Crippen molar-refractivity contribution in [2.45, 2.75) is 25.9 Å². The second-order valence-electron chi connectivity index (χ2n) is 6.10. The predicted molar refractivity (Wildman–Crippen MR) is 109 cm³/mol. The Bertz CT molecular complexity index is 790. The molecule has 1 unspecified atom stereocenters. The first-order valence-corrected chi connectivity index (χ1v) is 8.97. The average Bonchev–Trinajstić information content (AvgIpc) is 2.85. The number of carbonyl (C=O) groups excluding carboxylic acids is 2. The Balaban J connectivity index is 0.000000582. The van der Waals surface area contributed by atoms with Gasteiger partial charge in [0.2, 0.25) is 0 Å². The van der Waals surface area contributed by atoms with Crippen LogP contribution < -0.4 is 10.6 Å². The van der Waals surface area contributed by atoms with Crippen molar-refractivity contribution in [3.8, 4) is 0 Å². The van der Waals surface area contributed by atoms with E-state index in [4.69, 9.17) is 15.9 Å². The molecule has 0 saturated heterocycles. The van der Waals surface area contributed by atoms with Gasteiger partial charge in [-0.1, -0.05) is 18.2 Å². The van der Waals surface area contributed by atoms with E-state index in [9.17, 15) is 14.7 Å². The van der Waals surface area contributed by atoms with Crippen molar-refractivity contribution in [1.82, 2.24) is 0 Å². The summed E-state index contributed by atoms with van der Waals surface area (Å²) in [5.41, 5.74) is 5.84. The first-order chi connectivity index (χ1) is 13.3. The molecule has 0 aromatic heterocycles. The van der Waals surface area contributed by atoms with E-state index in [1.807, 2.05) is 0 Å². The molecule has 7 heteroatoms. The largest absolute Gasteiger partial charge is 0.399 e. The van der Waals surface area contributed by atoms with Crippen LogP contribution in [-0.2, 0) is 10.4 Å². The fraction of sp³-hybridized carbons (Fsp3) is 0.333. The number of para-hydroxylation sites is 1. The maximum absolute atomic E-state index is 12.4. The highest BCUT2D eigenvalue weighted by Gasteiger charge is 2.49. The number of nitrogens with two attached hydrogens (primary N) is 1. The van der Waals surface area contributed by atoms with Crippen LogP contribution >= 0.6 is 0 Å². The van der Waals surface area contributed by atoms with Gasteiger partial charge < -0.3 is 26.0 Å². The van der Waals surface area contributed by atoms with Crippen LogP contribution in [0.1, 0.15) is 36.2 Å². The number of aliphatic hydroxyl groups is 3. The fourth-order valence-corrected chi connectivity index (χ4v) is 2.79. The van der Waals surface area contributed by atoms with E-state index in [1.165, 1.54) is 4.90 Å². The van der Waals surface area contributed by atoms with Crippen LogP contribution in [0.3, 0.4) is 0 Å². The van der Waals surface area contributed by atoms with Crippen molar-refractivity contribution in [2.24, 2.45) is 0 Å². The Labute approximate surface area is 165 Å². The van der Waals surface area contributed by atoms with Crippen LogP contribution in [0.4, 0.5) is 11.4 Å². The molecule has 2 aromatic carbocycles. The topological polar surface area (TPSA) is 124 Å². The zero-order chi connectivity index (χ0) is 21.3. The van der Waals surface area contributed by atoms with E-state index < -0.39 is 11.5 Å². The minimum atomic E-state index is -1.82. The van der Waals surface area contributed by atoms with Gasteiger partial charge in [-0.3, -0.25) is 9.59 Å². The molecule has 28 heavy (non-hydrogen) atoms. The summed E-state index contributed by atoms with van der Waals surface area (Å²) in [6, 6.07) is 13.4. The molecule has 1 amide bonds. The first kappa shape index (κ1) is 23.3. The van der Waals surface area contributed by atoms with Gasteiger partial charge in [0, 0.05) is 37.1 Å². The lowest BCUT2D eigenvalue weighted by Crippen LogP contribution is -2.40. The number of anilines is 2. The summed E-state index contributed by atoms with van der Waals surface area (Å²) >= 11 is 0. The zero-order valence-electron chi connectivity index (χ0n) is 16.4. The number of fused-ring (bicyclic) bond motifs is 1.